The van der Waals surface area contributed by atoms with Gasteiger partial charge in [-0.3, -0.25) is 0 Å². The van der Waals surface area contributed by atoms with Crippen molar-refractivity contribution in [3.8, 4) is 0 Å². The van der Waals surface area contributed by atoms with E-state index in [2.05, 4.69) is 4.98 Å². The molecule has 0 aliphatic rings. The molecule has 1 aromatic heterocycles. The maximum Gasteiger partial charge on any atom is 0 e. The summed E-state index contributed by atoms with van der Waals surface area (Å²) in [5, 5.41) is 16.9. The Morgan fingerprint density at radius 3 is 2.19 bits per heavy atom. The Balaban J connectivity index is 0. The van der Waals surface area contributed by atoms with Crippen molar-refractivity contribution in [2.24, 2.45) is 0 Å². The van der Waals surface area contributed by atoms with E-state index in [9.17, 15) is 9.59 Å². The van der Waals surface area contributed by atoms with Crippen LogP contribution < -0.4 is 0 Å². The minimum absolute atomic E-state index is 0. The fourth-order valence-electron chi connectivity index (χ4n) is 0.681. The number of hydrogen-bond acceptors (Lipinski definition) is 4. The Labute approximate surface area is 113 Å². The summed E-state index contributed by atoms with van der Waals surface area (Å²) in [6, 6.07) is 2.24. The number of nitrogens with zero attached hydrogens (tertiary/aromatic N) is 1. The van der Waals surface area contributed by atoms with Gasteiger partial charge in [-0.1, -0.05) is 0 Å². The number of hydrogen-bond donors (Lipinski definition) is 2. The molecule has 0 unspecified atom stereocenters. The Hall–Kier alpha value is -1.02. The molecule has 0 spiro atoms. The van der Waals surface area contributed by atoms with E-state index in [0.717, 1.165) is 17.2 Å². The Morgan fingerprint density at radius 2 is 1.81 bits per heavy atom. The standard InChI is InChI=1S/C7H5NO4.CHO.Li.Rh/c9-6(10)4-1-2-8-5(3-4)7(11)12;1-2;;/h1-3H,(H,9,10)(H,11,12);1H;;. The van der Waals surface area contributed by atoms with Gasteiger partial charge in [0.25, 0.3) is 0 Å². The largest absolute Gasteiger partial charge is 0 e. The molecule has 0 saturated heterocycles. The Kier molecular flexibility index (Phi) is 10.0. The molecule has 1 radical (unpaired) electrons. The van der Waals surface area contributed by atoms with Crippen LogP contribution in [0.25, 0.3) is 0 Å². The maximum atomic E-state index is 10.4. The van der Waals surface area contributed by atoms with Crippen molar-refractivity contribution in [3.63, 3.8) is 0 Å². The van der Waals surface area contributed by atoms with Crippen LogP contribution in [-0.4, -0.2) is 49.8 Å². The van der Waals surface area contributed by atoms with E-state index in [4.69, 9.17) is 15.0 Å². The van der Waals surface area contributed by atoms with Gasteiger partial charge in [-0.25, -0.2) is 14.6 Å². The predicted octanol–water partition coefficient (Wildman–Crippen LogP) is -0.179. The number of aromatic nitrogens is 1. The zero-order valence-corrected chi connectivity index (χ0v) is 9.85. The number of rotatable bonds is 2. The molecule has 0 amide bonds. The van der Waals surface area contributed by atoms with Crippen LogP contribution >= 0.6 is 0 Å². The van der Waals surface area contributed by atoms with Crippen molar-refractivity contribution in [2.45, 2.75) is 0 Å². The summed E-state index contributed by atoms with van der Waals surface area (Å²) in [6.45, 7) is 0. The molecule has 6 nitrogen and oxygen atoms in total. The number of carbonyl (C=O) groups excluding carboxylic acids is 1. The molecule has 0 bridgehead atoms. The van der Waals surface area contributed by atoms with Gasteiger partial charge in [-0.15, -0.1) is 0 Å². The summed E-state index contributed by atoms with van der Waals surface area (Å²) in [7, 11) is 0. The van der Waals surface area contributed by atoms with Crippen LogP contribution in [0.3, 0.4) is 0 Å². The van der Waals surface area contributed by atoms with Gasteiger partial charge >= 0.3 is 39.4 Å². The van der Waals surface area contributed by atoms with Gasteiger partial charge in [0.15, 0.2) is 0 Å². The molecule has 0 aromatic carbocycles. The molecule has 83 valence electrons. The molecule has 0 fully saturated rings. The molecular formula is C8H6LiNO5Rh. The van der Waals surface area contributed by atoms with E-state index in [0.29, 0.717) is 0 Å². The quantitative estimate of drug-likeness (QED) is 0.580. The van der Waals surface area contributed by atoms with Gasteiger partial charge in [0.05, 0.1) is 5.56 Å². The van der Waals surface area contributed by atoms with Gasteiger partial charge in [0.1, 0.15) is 5.69 Å². The number of carboxylic acid groups (broad SMARTS) is 2. The van der Waals surface area contributed by atoms with Crippen LogP contribution in [0.1, 0.15) is 20.8 Å². The number of aromatic carboxylic acids is 2. The van der Waals surface area contributed by atoms with Gasteiger partial charge in [-0.05, 0) is 12.1 Å². The van der Waals surface area contributed by atoms with Crippen molar-refractivity contribution < 1.29 is 44.1 Å². The predicted molar refractivity (Wildman–Crippen MR) is 50.7 cm³/mol. The van der Waals surface area contributed by atoms with E-state index in [1.807, 2.05) is 0 Å². The van der Waals surface area contributed by atoms with Crippen molar-refractivity contribution in [1.29, 1.82) is 0 Å². The second-order valence-electron chi connectivity index (χ2n) is 2.28. The van der Waals surface area contributed by atoms with Crippen LogP contribution in [0, 0.1) is 0 Å². The first kappa shape index (κ1) is 17.4. The molecule has 0 aliphatic carbocycles. The monoisotopic (exact) mass is 306 g/mol. The first-order chi connectivity index (χ1) is 7.02. The average Bonchev–Trinajstić information content (AvgIpc) is 2.19. The van der Waals surface area contributed by atoms with Gasteiger partial charge in [-0.2, -0.15) is 0 Å². The van der Waals surface area contributed by atoms with E-state index >= 15 is 0 Å². The van der Waals surface area contributed by atoms with E-state index < -0.39 is 11.9 Å². The first-order valence-electron chi connectivity index (χ1n) is 3.85. The van der Waals surface area contributed by atoms with E-state index in [-0.39, 0.29) is 30.7 Å². The second kappa shape index (κ2) is 9.22. The number of carboxylic acids is 2. The third kappa shape index (κ3) is 6.46. The fraction of sp³-hybridized carbons (Fsp3) is 0. The maximum absolute atomic E-state index is 10.4. The van der Waals surface area contributed by atoms with Crippen LogP contribution in [0.5, 0.6) is 0 Å². The number of carbonyl (C=O) groups is 3. The van der Waals surface area contributed by atoms with Crippen molar-refractivity contribution in [1.82, 2.24) is 4.98 Å². The average molecular weight is 306 g/mol. The molecule has 2 N–H and O–H groups in total. The second-order valence-corrected chi connectivity index (χ2v) is 2.28. The summed E-state index contributed by atoms with van der Waals surface area (Å²) in [6.07, 6.45) is 1.15. The Bertz CT molecular complexity index is 355. The zero-order valence-electron chi connectivity index (χ0n) is 8.21. The van der Waals surface area contributed by atoms with E-state index in [1.54, 1.807) is 0 Å². The molecule has 0 aliphatic heterocycles. The van der Waals surface area contributed by atoms with E-state index in [1.165, 1.54) is 23.8 Å². The molecule has 1 heterocycles. The molecule has 0 atom stereocenters. The molecule has 0 saturated carbocycles. The zero-order chi connectivity index (χ0) is 11.8. The summed E-state index contributed by atoms with van der Waals surface area (Å²) in [4.78, 5) is 33.7. The minimum Gasteiger partial charge on any atom is 0 e. The van der Waals surface area contributed by atoms with Gasteiger partial charge < -0.3 is 10.2 Å². The summed E-state index contributed by atoms with van der Waals surface area (Å²) >= 11 is 1.44. The molecule has 1 aromatic rings. The molecular weight excluding hydrogens is 300 g/mol. The van der Waals surface area contributed by atoms with Crippen molar-refractivity contribution in [3.05, 3.63) is 29.6 Å². The third-order valence-electron chi connectivity index (χ3n) is 1.23. The number of pyridine rings is 1. The molecule has 16 heavy (non-hydrogen) atoms. The summed E-state index contributed by atoms with van der Waals surface area (Å²) < 4.78 is 0. The van der Waals surface area contributed by atoms with Crippen LogP contribution in [0.4, 0.5) is 0 Å². The van der Waals surface area contributed by atoms with Crippen molar-refractivity contribution >= 4 is 34.6 Å². The molecule has 1 rings (SSSR count). The van der Waals surface area contributed by atoms with Crippen LogP contribution in [-0.2, 0) is 24.3 Å². The van der Waals surface area contributed by atoms with Crippen LogP contribution in [0.2, 0.25) is 0 Å². The van der Waals surface area contributed by atoms with Crippen molar-refractivity contribution in [2.75, 3.05) is 0 Å². The third-order valence-corrected chi connectivity index (χ3v) is 1.23. The van der Waals surface area contributed by atoms with Crippen LogP contribution in [0.15, 0.2) is 18.3 Å². The fourth-order valence-corrected chi connectivity index (χ4v) is 0.681. The SMILES string of the molecule is O=C(O)c1ccnc(C(=O)O)c1.[Li][CH]=O.[Rh]. The summed E-state index contributed by atoms with van der Waals surface area (Å²) in [5.74, 6) is -2.40. The summed E-state index contributed by atoms with van der Waals surface area (Å²) in [5.41, 5.74) is -0.350. The molecule has 8 heteroatoms. The van der Waals surface area contributed by atoms with Gasteiger partial charge in [0, 0.05) is 25.7 Å². The Morgan fingerprint density at radius 1 is 1.31 bits per heavy atom. The normalized spacial score (nSPS) is 7.88. The first-order valence-corrected chi connectivity index (χ1v) is 3.85. The minimum atomic E-state index is -1.24. The smallest absolute Gasteiger partial charge is 0 e. The topological polar surface area (TPSA) is 105 Å². The van der Waals surface area contributed by atoms with Gasteiger partial charge in [0.2, 0.25) is 0 Å².